The monoisotopic (exact) mass is 354 g/mol. The second-order valence-corrected chi connectivity index (χ2v) is 7.96. The summed E-state index contributed by atoms with van der Waals surface area (Å²) in [5.41, 5.74) is 9.10. The van der Waals surface area contributed by atoms with E-state index >= 15 is 0 Å². The molecule has 0 N–H and O–H groups in total. The second-order valence-electron chi connectivity index (χ2n) is 7.05. The Morgan fingerprint density at radius 3 is 2.12 bits per heavy atom. The van der Waals surface area contributed by atoms with E-state index in [0.717, 1.165) is 12.2 Å². The third kappa shape index (κ3) is 4.73. The van der Waals surface area contributed by atoms with Crippen LogP contribution in [0.2, 0.25) is 0 Å². The zero-order valence-electron chi connectivity index (χ0n) is 16.7. The van der Waals surface area contributed by atoms with E-state index in [1.165, 1.54) is 50.7 Å². The average Bonchev–Trinajstić information content (AvgIpc) is 2.52. The maximum Gasteiger partial charge on any atom is 0.129 e. The molecule has 0 bridgehead atoms. The van der Waals surface area contributed by atoms with Crippen LogP contribution in [0.1, 0.15) is 58.7 Å². The van der Waals surface area contributed by atoms with Crippen LogP contribution in [0.15, 0.2) is 24.3 Å². The van der Waals surface area contributed by atoms with Gasteiger partial charge >= 0.3 is 0 Å². The predicted molar refractivity (Wildman–Crippen MR) is 114 cm³/mol. The largest absolute Gasteiger partial charge is 0.472 e. The van der Waals surface area contributed by atoms with Gasteiger partial charge in [-0.3, -0.25) is 0 Å². The number of rotatable bonds is 6. The Morgan fingerprint density at radius 2 is 1.52 bits per heavy atom. The van der Waals surface area contributed by atoms with Gasteiger partial charge in [-0.05, 0) is 81.3 Å². The first-order valence-corrected chi connectivity index (χ1v) is 10.0. The van der Waals surface area contributed by atoms with Gasteiger partial charge in [0.05, 0.1) is 0 Å². The molecule has 2 rings (SSSR count). The highest BCUT2D eigenvalue weighted by Gasteiger charge is 2.12. The molecule has 0 fully saturated rings. The Morgan fingerprint density at radius 1 is 0.880 bits per heavy atom. The third-order valence-corrected chi connectivity index (χ3v) is 5.91. The van der Waals surface area contributed by atoms with Crippen molar-refractivity contribution < 1.29 is 4.52 Å². The average molecular weight is 354 g/mol. The normalized spacial score (nSPS) is 11.8. The fourth-order valence-electron chi connectivity index (χ4n) is 3.41. The second kappa shape index (κ2) is 8.68. The number of unbranched alkanes of at least 4 members (excludes halogenated alkanes) is 1. The molecule has 2 aromatic rings. The van der Waals surface area contributed by atoms with Crippen LogP contribution in [0, 0.1) is 41.5 Å². The van der Waals surface area contributed by atoms with Crippen molar-refractivity contribution in [3.05, 3.63) is 63.2 Å². The summed E-state index contributed by atoms with van der Waals surface area (Å²) in [4.78, 5) is 0. The molecule has 0 aromatic heterocycles. The minimum absolute atomic E-state index is 0.333. The van der Waals surface area contributed by atoms with Crippen molar-refractivity contribution in [1.29, 1.82) is 0 Å². The molecule has 0 aliphatic rings. The summed E-state index contributed by atoms with van der Waals surface area (Å²) < 4.78 is 6.29. The van der Waals surface area contributed by atoms with E-state index in [-0.39, 0.29) is 0 Å². The SMILES string of the molecule is CCCC=Cc1c(C)cc(C)c(POc2c(C)cc(C)cc2C)c1C. The van der Waals surface area contributed by atoms with Gasteiger partial charge < -0.3 is 4.52 Å². The predicted octanol–water partition coefficient (Wildman–Crippen LogP) is 6.65. The summed E-state index contributed by atoms with van der Waals surface area (Å²) in [5, 5.41) is 1.33. The maximum atomic E-state index is 6.29. The molecule has 0 aliphatic carbocycles. The van der Waals surface area contributed by atoms with Gasteiger partial charge in [0.1, 0.15) is 14.6 Å². The topological polar surface area (TPSA) is 9.23 Å². The highest BCUT2D eigenvalue weighted by molar-refractivity contribution is 7.42. The van der Waals surface area contributed by atoms with E-state index in [2.05, 4.69) is 78.8 Å². The van der Waals surface area contributed by atoms with Crippen molar-refractivity contribution in [3.63, 3.8) is 0 Å². The number of hydrogen-bond acceptors (Lipinski definition) is 1. The van der Waals surface area contributed by atoms with Crippen molar-refractivity contribution in [2.24, 2.45) is 0 Å². The van der Waals surface area contributed by atoms with Gasteiger partial charge in [-0.15, -0.1) is 0 Å². The molecule has 2 heteroatoms. The highest BCUT2D eigenvalue weighted by atomic mass is 31.1. The summed E-state index contributed by atoms with van der Waals surface area (Å²) in [6.45, 7) is 15.2. The molecule has 0 saturated carbocycles. The molecule has 1 nitrogen and oxygen atoms in total. The summed E-state index contributed by atoms with van der Waals surface area (Å²) >= 11 is 0. The van der Waals surface area contributed by atoms with Crippen molar-refractivity contribution in [2.75, 3.05) is 0 Å². The Hall–Kier alpha value is -1.59. The Bertz CT molecular complexity index is 764. The van der Waals surface area contributed by atoms with Gasteiger partial charge in [0.15, 0.2) is 0 Å². The molecule has 0 radical (unpaired) electrons. The number of aryl methyl sites for hydroxylation is 5. The van der Waals surface area contributed by atoms with Crippen LogP contribution < -0.4 is 9.83 Å². The van der Waals surface area contributed by atoms with E-state index in [4.69, 9.17) is 4.52 Å². The molecule has 134 valence electrons. The van der Waals surface area contributed by atoms with Crippen LogP contribution >= 0.6 is 8.81 Å². The lowest BCUT2D eigenvalue weighted by Crippen LogP contribution is -2.10. The summed E-state index contributed by atoms with van der Waals surface area (Å²) in [6.07, 6.45) is 6.88. The van der Waals surface area contributed by atoms with Crippen molar-refractivity contribution in [1.82, 2.24) is 0 Å². The standard InChI is InChI=1S/C23H31OP/c1-8-9-10-11-21-16(3)14-19(6)23(20(21)7)25-24-22-17(4)12-15(2)13-18(22)5/h10-14,25H,8-9H2,1-7H3. The first kappa shape index (κ1) is 19.7. The van der Waals surface area contributed by atoms with Gasteiger partial charge in [-0.1, -0.05) is 49.3 Å². The lowest BCUT2D eigenvalue weighted by Gasteiger charge is -2.18. The number of benzene rings is 2. The molecular weight excluding hydrogens is 323 g/mol. The van der Waals surface area contributed by atoms with Gasteiger partial charge in [-0.25, -0.2) is 0 Å². The quantitative estimate of drug-likeness (QED) is 0.528. The summed E-state index contributed by atoms with van der Waals surface area (Å²) in [7, 11) is 0.333. The van der Waals surface area contributed by atoms with Gasteiger partial charge in [0.25, 0.3) is 0 Å². The van der Waals surface area contributed by atoms with E-state index in [1.54, 1.807) is 0 Å². The van der Waals surface area contributed by atoms with Crippen molar-refractivity contribution in [3.8, 4) is 5.75 Å². The molecule has 25 heavy (non-hydrogen) atoms. The highest BCUT2D eigenvalue weighted by Crippen LogP contribution is 2.32. The lowest BCUT2D eigenvalue weighted by atomic mass is 9.99. The zero-order chi connectivity index (χ0) is 18.6. The molecule has 0 heterocycles. The molecule has 1 unspecified atom stereocenters. The molecule has 2 aromatic carbocycles. The first-order chi connectivity index (χ1) is 11.8. The fraction of sp³-hybridized carbons (Fsp3) is 0.391. The minimum atomic E-state index is 0.333. The van der Waals surface area contributed by atoms with Crippen LogP contribution in [0.3, 0.4) is 0 Å². The van der Waals surface area contributed by atoms with Crippen LogP contribution in [-0.4, -0.2) is 0 Å². The van der Waals surface area contributed by atoms with Gasteiger partial charge in [0.2, 0.25) is 0 Å². The molecule has 0 aliphatic heterocycles. The van der Waals surface area contributed by atoms with E-state index < -0.39 is 0 Å². The third-order valence-electron chi connectivity index (χ3n) is 4.63. The maximum absolute atomic E-state index is 6.29. The molecule has 0 amide bonds. The Kier molecular flexibility index (Phi) is 6.85. The zero-order valence-corrected chi connectivity index (χ0v) is 17.7. The van der Waals surface area contributed by atoms with E-state index in [0.29, 0.717) is 8.81 Å². The first-order valence-electron chi connectivity index (χ1n) is 9.13. The molecular formula is C23H31OP. The number of allylic oxidation sites excluding steroid dienone is 1. The van der Waals surface area contributed by atoms with Crippen molar-refractivity contribution in [2.45, 2.75) is 61.3 Å². The van der Waals surface area contributed by atoms with Gasteiger partial charge in [-0.2, -0.15) is 0 Å². The van der Waals surface area contributed by atoms with E-state index in [1.807, 2.05) is 0 Å². The molecule has 0 saturated heterocycles. The fourth-order valence-corrected chi connectivity index (χ4v) is 4.46. The number of hydrogen-bond donors (Lipinski definition) is 0. The van der Waals surface area contributed by atoms with Gasteiger partial charge in [0, 0.05) is 5.30 Å². The molecule has 1 atom stereocenters. The van der Waals surface area contributed by atoms with E-state index in [9.17, 15) is 0 Å². The molecule has 0 spiro atoms. The van der Waals surface area contributed by atoms with Crippen LogP contribution in [0.4, 0.5) is 0 Å². The Labute approximate surface area is 155 Å². The smallest absolute Gasteiger partial charge is 0.129 e. The minimum Gasteiger partial charge on any atom is -0.472 e. The summed E-state index contributed by atoms with van der Waals surface area (Å²) in [5.74, 6) is 1.03. The van der Waals surface area contributed by atoms with Crippen molar-refractivity contribution >= 4 is 20.2 Å². The van der Waals surface area contributed by atoms with Crippen LogP contribution in [0.25, 0.3) is 6.08 Å². The van der Waals surface area contributed by atoms with Crippen LogP contribution in [0.5, 0.6) is 5.75 Å². The summed E-state index contributed by atoms with van der Waals surface area (Å²) in [6, 6.07) is 6.68. The van der Waals surface area contributed by atoms with Crippen LogP contribution in [-0.2, 0) is 0 Å². The Balaban J connectivity index is 2.32. The lowest BCUT2D eigenvalue weighted by molar-refractivity contribution is 0.625.